The van der Waals surface area contributed by atoms with Crippen molar-refractivity contribution in [1.29, 1.82) is 0 Å². The Morgan fingerprint density at radius 3 is 2.45 bits per heavy atom. The first-order valence-electron chi connectivity index (χ1n) is 11.0. The van der Waals surface area contributed by atoms with E-state index in [1.165, 1.54) is 0 Å². The van der Waals surface area contributed by atoms with E-state index in [9.17, 15) is 14.8 Å². The quantitative estimate of drug-likeness (QED) is 0.466. The largest absolute Gasteiger partial charge is 0.633 e. The van der Waals surface area contributed by atoms with Crippen LogP contribution in [0.5, 0.6) is 5.75 Å². The maximum absolute atomic E-state index is 13.5. The smallest absolute Gasteiger partial charge is 0.255 e. The normalized spacial score (nSPS) is 17.2. The van der Waals surface area contributed by atoms with Crippen LogP contribution in [-0.2, 0) is 4.74 Å². The molecule has 7 nitrogen and oxygen atoms in total. The molecule has 1 aromatic heterocycles. The number of hydroxylamine groups is 3. The predicted molar refractivity (Wildman–Crippen MR) is 125 cm³/mol. The summed E-state index contributed by atoms with van der Waals surface area (Å²) in [6.07, 6.45) is 1.55. The van der Waals surface area contributed by atoms with E-state index in [1.54, 1.807) is 24.4 Å². The summed E-state index contributed by atoms with van der Waals surface area (Å²) in [5.41, 5.74) is 3.25. The molecule has 0 unspecified atom stereocenters. The van der Waals surface area contributed by atoms with Gasteiger partial charge in [0.05, 0.1) is 18.8 Å². The van der Waals surface area contributed by atoms with Crippen molar-refractivity contribution in [2.24, 2.45) is 0 Å². The second-order valence-electron chi connectivity index (χ2n) is 8.26. The average Bonchev–Trinajstić information content (AvgIpc) is 3.12. The summed E-state index contributed by atoms with van der Waals surface area (Å²) >= 11 is 0. The number of ether oxygens (including phenoxy) is 2. The van der Waals surface area contributed by atoms with Crippen LogP contribution in [0.1, 0.15) is 27.0 Å². The molecule has 5 rings (SSSR count). The minimum Gasteiger partial charge on any atom is -0.633 e. The molecule has 2 aromatic carbocycles. The van der Waals surface area contributed by atoms with Crippen LogP contribution >= 0.6 is 0 Å². The summed E-state index contributed by atoms with van der Waals surface area (Å²) in [5, 5.41) is 12.7. The molecule has 3 aromatic rings. The lowest BCUT2D eigenvalue weighted by atomic mass is 9.95. The number of hydrogen-bond donors (Lipinski definition) is 1. The van der Waals surface area contributed by atoms with Gasteiger partial charge in [-0.25, -0.2) is 0 Å². The Kier molecular flexibility index (Phi) is 5.68. The highest BCUT2D eigenvalue weighted by atomic mass is 16.6. The molecule has 0 saturated carbocycles. The maximum atomic E-state index is 13.5. The van der Waals surface area contributed by atoms with Gasteiger partial charge in [-0.15, -0.1) is 0 Å². The van der Waals surface area contributed by atoms with Crippen molar-refractivity contribution in [3.63, 3.8) is 0 Å². The van der Waals surface area contributed by atoms with Crippen LogP contribution in [0.25, 0.3) is 11.1 Å². The van der Waals surface area contributed by atoms with Crippen LogP contribution in [0.15, 0.2) is 71.7 Å². The molecule has 33 heavy (non-hydrogen) atoms. The Bertz CT molecular complexity index is 1270. The molecule has 168 valence electrons. The number of morpholine rings is 1. The van der Waals surface area contributed by atoms with Crippen molar-refractivity contribution in [2.45, 2.75) is 0 Å². The molecule has 7 heteroatoms. The molecular weight excluding hydrogens is 420 g/mol. The van der Waals surface area contributed by atoms with Gasteiger partial charge < -0.3 is 24.3 Å². The molecule has 0 atom stereocenters. The lowest BCUT2D eigenvalue weighted by Gasteiger charge is -2.44. The van der Waals surface area contributed by atoms with E-state index in [-0.39, 0.29) is 22.6 Å². The molecule has 0 radical (unpaired) electrons. The van der Waals surface area contributed by atoms with Crippen molar-refractivity contribution < 1.29 is 18.9 Å². The molecule has 1 aliphatic carbocycles. The number of aromatic amines is 1. The Morgan fingerprint density at radius 2 is 1.70 bits per heavy atom. The number of ketones is 1. The lowest BCUT2D eigenvalue weighted by Crippen LogP contribution is -2.52. The second kappa shape index (κ2) is 8.78. The van der Waals surface area contributed by atoms with Gasteiger partial charge in [0.25, 0.3) is 5.56 Å². The zero-order valence-corrected chi connectivity index (χ0v) is 18.1. The van der Waals surface area contributed by atoms with Gasteiger partial charge in [0, 0.05) is 22.9 Å². The van der Waals surface area contributed by atoms with E-state index >= 15 is 0 Å². The maximum Gasteiger partial charge on any atom is 0.255 e. The van der Waals surface area contributed by atoms with Gasteiger partial charge in [-0.05, 0) is 41.5 Å². The number of hydrogen-bond acceptors (Lipinski definition) is 5. The Hall–Kier alpha value is -3.52. The lowest BCUT2D eigenvalue weighted by molar-refractivity contribution is -0.888. The minimum absolute atomic E-state index is 0.216. The standard InChI is InChI=1S/C26H24N2O5/c29-25-22-17-19(33-16-13-28(31)11-14-32-15-12-28)8-9-20(22)23(18-5-2-1-3-6-18)24(25)21-7-4-10-27-26(21)30/h1-10,17H,11-16H2,(H,27,30). The van der Waals surface area contributed by atoms with Crippen LogP contribution in [-0.4, -0.2) is 54.9 Å². The zero-order chi connectivity index (χ0) is 22.8. The molecular formula is C26H24N2O5. The van der Waals surface area contributed by atoms with Gasteiger partial charge in [-0.3, -0.25) is 9.59 Å². The summed E-state index contributed by atoms with van der Waals surface area (Å²) < 4.78 is 10.8. The highest BCUT2D eigenvalue weighted by Crippen LogP contribution is 2.42. The van der Waals surface area contributed by atoms with E-state index in [2.05, 4.69) is 4.98 Å². The van der Waals surface area contributed by atoms with Crippen LogP contribution < -0.4 is 10.3 Å². The van der Waals surface area contributed by atoms with Crippen molar-refractivity contribution in [1.82, 2.24) is 4.98 Å². The number of rotatable bonds is 6. The molecule has 1 saturated heterocycles. The Labute approximate surface area is 191 Å². The van der Waals surface area contributed by atoms with Crippen molar-refractivity contribution in [2.75, 3.05) is 39.5 Å². The number of aromatic nitrogens is 1. The number of Topliss-reactive ketones (excluding diaryl/α,β-unsaturated/α-hetero) is 1. The first kappa shape index (κ1) is 21.3. The molecule has 0 spiro atoms. The van der Waals surface area contributed by atoms with Gasteiger partial charge in [0.1, 0.15) is 32.0 Å². The first-order chi connectivity index (χ1) is 16.1. The number of nitrogens with one attached hydrogen (secondary N) is 1. The third-order valence-corrected chi connectivity index (χ3v) is 6.19. The monoisotopic (exact) mass is 444 g/mol. The predicted octanol–water partition coefficient (Wildman–Crippen LogP) is 3.25. The number of benzene rings is 2. The van der Waals surface area contributed by atoms with Crippen molar-refractivity contribution in [3.05, 3.63) is 105 Å². The van der Waals surface area contributed by atoms with E-state index < -0.39 is 0 Å². The molecule has 1 aliphatic heterocycles. The summed E-state index contributed by atoms with van der Waals surface area (Å²) in [5.74, 6) is 0.309. The summed E-state index contributed by atoms with van der Waals surface area (Å²) in [6, 6.07) is 18.3. The number of carbonyl (C=O) groups excluding carboxylic acids is 1. The topological polar surface area (TPSA) is 91.5 Å². The van der Waals surface area contributed by atoms with Crippen LogP contribution in [0.4, 0.5) is 0 Å². The number of fused-ring (bicyclic) bond motifs is 1. The summed E-state index contributed by atoms with van der Waals surface area (Å²) in [4.78, 5) is 28.7. The highest BCUT2D eigenvalue weighted by Gasteiger charge is 2.33. The van der Waals surface area contributed by atoms with Crippen molar-refractivity contribution >= 4 is 16.9 Å². The first-order valence-corrected chi connectivity index (χ1v) is 11.0. The molecule has 2 aliphatic rings. The van der Waals surface area contributed by atoms with E-state index in [0.717, 1.165) is 16.7 Å². The number of pyridine rings is 1. The number of allylic oxidation sites excluding steroid dienone is 1. The second-order valence-corrected chi connectivity index (χ2v) is 8.26. The van der Waals surface area contributed by atoms with Gasteiger partial charge in [-0.2, -0.15) is 0 Å². The molecule has 1 fully saturated rings. The van der Waals surface area contributed by atoms with Gasteiger partial charge in [-0.1, -0.05) is 30.3 Å². The summed E-state index contributed by atoms with van der Waals surface area (Å²) in [6.45, 7) is 2.35. The van der Waals surface area contributed by atoms with E-state index in [0.29, 0.717) is 55.3 Å². The minimum atomic E-state index is -0.329. The molecule has 2 heterocycles. The van der Waals surface area contributed by atoms with Gasteiger partial charge in [0.15, 0.2) is 5.78 Å². The van der Waals surface area contributed by atoms with Gasteiger partial charge >= 0.3 is 0 Å². The van der Waals surface area contributed by atoms with E-state index in [1.807, 2.05) is 42.5 Å². The third-order valence-electron chi connectivity index (χ3n) is 6.19. The fourth-order valence-electron chi connectivity index (χ4n) is 4.41. The Balaban J connectivity index is 1.47. The number of quaternary nitrogens is 1. The van der Waals surface area contributed by atoms with Crippen LogP contribution in [0, 0.1) is 5.21 Å². The number of H-pyrrole nitrogens is 1. The fourth-order valence-corrected chi connectivity index (χ4v) is 4.41. The van der Waals surface area contributed by atoms with Gasteiger partial charge in [0.2, 0.25) is 0 Å². The average molecular weight is 444 g/mol. The molecule has 1 N–H and O–H groups in total. The number of nitrogens with zero attached hydrogens (tertiary/aromatic N) is 1. The highest BCUT2D eigenvalue weighted by molar-refractivity contribution is 6.41. The third kappa shape index (κ3) is 4.14. The molecule has 0 bridgehead atoms. The zero-order valence-electron chi connectivity index (χ0n) is 18.1. The Morgan fingerprint density at radius 1 is 0.909 bits per heavy atom. The van der Waals surface area contributed by atoms with E-state index in [4.69, 9.17) is 9.47 Å². The number of carbonyl (C=O) groups is 1. The van der Waals surface area contributed by atoms with Crippen LogP contribution in [0.3, 0.4) is 0 Å². The molecule has 0 amide bonds. The van der Waals surface area contributed by atoms with Crippen LogP contribution in [0.2, 0.25) is 0 Å². The summed E-state index contributed by atoms with van der Waals surface area (Å²) in [7, 11) is 0. The van der Waals surface area contributed by atoms with Crippen molar-refractivity contribution in [3.8, 4) is 5.75 Å². The fraction of sp³-hybridized carbons (Fsp3) is 0.231. The SMILES string of the molecule is O=C1C(c2ccc[nH]c2=O)=C(c2ccccc2)c2ccc(OCC[N+]3([O-])CCOCC3)cc21.